The number of nitrogens with zero attached hydrogens (tertiary/aromatic N) is 4. The lowest BCUT2D eigenvalue weighted by molar-refractivity contribution is 0.0519. The van der Waals surface area contributed by atoms with Crippen LogP contribution in [-0.2, 0) is 16.0 Å². The molecule has 0 spiro atoms. The molecule has 0 aliphatic rings. The molecule has 0 aliphatic heterocycles. The van der Waals surface area contributed by atoms with Crippen molar-refractivity contribution in [1.82, 2.24) is 20.3 Å². The summed E-state index contributed by atoms with van der Waals surface area (Å²) in [5.41, 5.74) is 2.49. The molecule has 1 amide bonds. The molecule has 0 unspecified atom stereocenters. The van der Waals surface area contributed by atoms with Gasteiger partial charge >= 0.3 is 0 Å². The third kappa shape index (κ3) is 10.1. The van der Waals surface area contributed by atoms with E-state index in [-0.39, 0.29) is 5.91 Å². The molecule has 3 N–H and O–H groups in total. The largest absolute Gasteiger partial charge is 0.493 e. The number of ether oxygens (including phenoxy) is 4. The number of nitrogens with one attached hydrogen (secondary N) is 3. The Labute approximate surface area is 257 Å². The van der Waals surface area contributed by atoms with Gasteiger partial charge in [-0.05, 0) is 29.8 Å². The van der Waals surface area contributed by atoms with E-state index < -0.39 is 0 Å². The molecule has 44 heavy (non-hydrogen) atoms. The third-order valence-electron chi connectivity index (χ3n) is 6.34. The number of hydrogen-bond donors (Lipinski definition) is 3. The Morgan fingerprint density at radius 2 is 1.41 bits per heavy atom. The zero-order chi connectivity index (χ0) is 31.0. The van der Waals surface area contributed by atoms with Crippen LogP contribution in [0.1, 0.15) is 15.9 Å². The summed E-state index contributed by atoms with van der Waals surface area (Å²) in [6, 6.07) is 24.7. The predicted octanol–water partition coefficient (Wildman–Crippen LogP) is 4.14. The van der Waals surface area contributed by atoms with E-state index in [1.165, 1.54) is 0 Å². The van der Waals surface area contributed by atoms with Crippen molar-refractivity contribution in [3.63, 3.8) is 0 Å². The van der Waals surface area contributed by atoms with E-state index in [1.807, 2.05) is 66.5 Å². The van der Waals surface area contributed by atoms with E-state index in [2.05, 4.69) is 43.0 Å². The van der Waals surface area contributed by atoms with Gasteiger partial charge in [0.2, 0.25) is 17.8 Å². The molecule has 12 nitrogen and oxygen atoms in total. The van der Waals surface area contributed by atoms with Crippen LogP contribution < -0.4 is 30.3 Å². The highest BCUT2D eigenvalue weighted by Crippen LogP contribution is 2.31. The number of carbonyl (C=O) groups is 1. The Kier molecular flexibility index (Phi) is 12.5. The molecule has 0 radical (unpaired) electrons. The number of hydrogen-bond acceptors (Lipinski definition) is 11. The van der Waals surface area contributed by atoms with E-state index in [0.717, 1.165) is 11.3 Å². The molecule has 232 valence electrons. The zero-order valence-corrected chi connectivity index (χ0v) is 25.3. The molecule has 0 atom stereocenters. The lowest BCUT2D eigenvalue weighted by atomic mass is 10.2. The Hall–Kier alpha value is -4.94. The first-order valence-electron chi connectivity index (χ1n) is 14.3. The van der Waals surface area contributed by atoms with E-state index in [0.29, 0.717) is 81.0 Å². The summed E-state index contributed by atoms with van der Waals surface area (Å²) in [5, 5.41) is 9.30. The van der Waals surface area contributed by atoms with Crippen LogP contribution in [0.4, 0.5) is 23.5 Å². The minimum absolute atomic E-state index is 0.119. The number of carbonyl (C=O) groups excluding carboxylic acids is 1. The van der Waals surface area contributed by atoms with Gasteiger partial charge in [0, 0.05) is 44.0 Å². The highest BCUT2D eigenvalue weighted by Gasteiger charge is 2.13. The van der Waals surface area contributed by atoms with Crippen molar-refractivity contribution >= 4 is 29.4 Å². The Morgan fingerprint density at radius 3 is 2.11 bits per heavy atom. The van der Waals surface area contributed by atoms with E-state index >= 15 is 0 Å². The first kappa shape index (κ1) is 32.0. The number of methoxy groups -OCH3 is 2. The van der Waals surface area contributed by atoms with Crippen molar-refractivity contribution in [1.29, 1.82) is 0 Å². The van der Waals surface area contributed by atoms with Gasteiger partial charge in [0.25, 0.3) is 5.91 Å². The maximum Gasteiger partial charge on any atom is 0.251 e. The molecule has 12 heteroatoms. The minimum atomic E-state index is -0.119. The van der Waals surface area contributed by atoms with Gasteiger partial charge in [-0.2, -0.15) is 15.0 Å². The van der Waals surface area contributed by atoms with Crippen LogP contribution in [0.15, 0.2) is 78.9 Å². The fraction of sp³-hybridized carbons (Fsp3) is 0.312. The molecule has 4 rings (SSSR count). The average Bonchev–Trinajstić information content (AvgIpc) is 3.06. The van der Waals surface area contributed by atoms with Crippen molar-refractivity contribution in [3.05, 3.63) is 90.0 Å². The van der Waals surface area contributed by atoms with Crippen LogP contribution in [0.3, 0.4) is 0 Å². The summed E-state index contributed by atoms with van der Waals surface area (Å²) in [6.07, 6.45) is 0. The van der Waals surface area contributed by atoms with E-state index in [4.69, 9.17) is 18.9 Å². The van der Waals surface area contributed by atoms with Crippen LogP contribution in [0.5, 0.6) is 11.5 Å². The highest BCUT2D eigenvalue weighted by molar-refractivity contribution is 5.94. The summed E-state index contributed by atoms with van der Waals surface area (Å²) < 4.78 is 22.0. The summed E-state index contributed by atoms with van der Waals surface area (Å²) >= 11 is 0. The summed E-state index contributed by atoms with van der Waals surface area (Å²) in [6.45, 7) is 3.19. The van der Waals surface area contributed by atoms with Gasteiger partial charge < -0.3 is 39.8 Å². The molecule has 1 aromatic heterocycles. The SMILES string of the molecule is COc1ccc(Nc2nc(NCCOCCOCCNC(=O)c3ccccc3)nc(N(C)Cc3ccccc3)n2)cc1OC. The first-order valence-corrected chi connectivity index (χ1v) is 14.3. The number of aromatic nitrogens is 3. The third-order valence-corrected chi connectivity index (χ3v) is 6.34. The molecule has 3 aromatic carbocycles. The number of benzene rings is 3. The van der Waals surface area contributed by atoms with E-state index in [1.54, 1.807) is 26.4 Å². The van der Waals surface area contributed by atoms with Crippen LogP contribution >= 0.6 is 0 Å². The normalized spacial score (nSPS) is 10.6. The maximum absolute atomic E-state index is 12.0. The molecular formula is C32H39N7O5. The topological polar surface area (TPSA) is 132 Å². The van der Waals surface area contributed by atoms with Gasteiger partial charge in [-0.1, -0.05) is 48.5 Å². The Balaban J connectivity index is 1.26. The van der Waals surface area contributed by atoms with E-state index in [9.17, 15) is 4.79 Å². The fourth-order valence-electron chi connectivity index (χ4n) is 4.13. The monoisotopic (exact) mass is 601 g/mol. The summed E-state index contributed by atoms with van der Waals surface area (Å²) in [5.74, 6) is 2.38. The number of anilines is 4. The standard InChI is InChI=1S/C32H39N7O5/c1-39(23-24-10-6-4-7-11-24)32-37-30(36-31(38-32)35-26-14-15-27(41-2)28(22-26)42-3)34-17-19-44-21-20-43-18-16-33-29(40)25-12-8-5-9-13-25/h4-15,22H,16-21,23H2,1-3H3,(H,33,40)(H2,34,35,36,37,38). The van der Waals surface area contributed by atoms with Gasteiger partial charge in [-0.3, -0.25) is 4.79 Å². The molecule has 1 heterocycles. The second-order valence-corrected chi connectivity index (χ2v) is 9.59. The predicted molar refractivity (Wildman–Crippen MR) is 170 cm³/mol. The van der Waals surface area contributed by atoms with Gasteiger partial charge in [0.1, 0.15) is 0 Å². The second kappa shape index (κ2) is 17.2. The van der Waals surface area contributed by atoms with Crippen molar-refractivity contribution in [2.75, 3.05) is 76.3 Å². The molecule has 0 saturated heterocycles. The Bertz CT molecular complexity index is 1440. The van der Waals surface area contributed by atoms with Crippen LogP contribution in [-0.4, -0.2) is 81.6 Å². The average molecular weight is 602 g/mol. The molecule has 0 bridgehead atoms. The molecule has 0 aliphatic carbocycles. The minimum Gasteiger partial charge on any atom is -0.493 e. The van der Waals surface area contributed by atoms with Crippen molar-refractivity contribution in [2.24, 2.45) is 0 Å². The summed E-state index contributed by atoms with van der Waals surface area (Å²) in [7, 11) is 5.11. The van der Waals surface area contributed by atoms with Gasteiger partial charge in [0.05, 0.1) is 40.6 Å². The van der Waals surface area contributed by atoms with Gasteiger partial charge in [0.15, 0.2) is 11.5 Å². The lowest BCUT2D eigenvalue weighted by Crippen LogP contribution is -2.27. The summed E-state index contributed by atoms with van der Waals surface area (Å²) in [4.78, 5) is 27.8. The van der Waals surface area contributed by atoms with Gasteiger partial charge in [-0.15, -0.1) is 0 Å². The molecule has 4 aromatic rings. The zero-order valence-electron chi connectivity index (χ0n) is 25.3. The highest BCUT2D eigenvalue weighted by atomic mass is 16.5. The fourth-order valence-corrected chi connectivity index (χ4v) is 4.13. The Morgan fingerprint density at radius 1 is 0.750 bits per heavy atom. The molecule has 0 fully saturated rings. The maximum atomic E-state index is 12.0. The van der Waals surface area contributed by atoms with Crippen LogP contribution in [0, 0.1) is 0 Å². The molecule has 0 saturated carbocycles. The molecular weight excluding hydrogens is 562 g/mol. The smallest absolute Gasteiger partial charge is 0.251 e. The van der Waals surface area contributed by atoms with Crippen LogP contribution in [0.2, 0.25) is 0 Å². The van der Waals surface area contributed by atoms with Crippen molar-refractivity contribution < 1.29 is 23.7 Å². The van der Waals surface area contributed by atoms with Crippen molar-refractivity contribution in [2.45, 2.75) is 6.54 Å². The number of rotatable bonds is 18. The van der Waals surface area contributed by atoms with Crippen LogP contribution in [0.25, 0.3) is 0 Å². The first-order chi connectivity index (χ1) is 21.6. The quantitative estimate of drug-likeness (QED) is 0.142. The van der Waals surface area contributed by atoms with Crippen molar-refractivity contribution in [3.8, 4) is 11.5 Å². The number of amides is 1. The lowest BCUT2D eigenvalue weighted by Gasteiger charge is -2.19. The van der Waals surface area contributed by atoms with Gasteiger partial charge in [-0.25, -0.2) is 0 Å². The second-order valence-electron chi connectivity index (χ2n) is 9.59.